The molecular formula is C12H8F3NO3. The number of benzene rings is 1. The Morgan fingerprint density at radius 1 is 1.32 bits per heavy atom. The lowest BCUT2D eigenvalue weighted by Crippen LogP contribution is -2.17. The Morgan fingerprint density at radius 2 is 2.11 bits per heavy atom. The smallest absolute Gasteiger partial charge is 0.448 e. The molecule has 0 aliphatic carbocycles. The molecule has 0 aliphatic heterocycles. The standard InChI is InChI=1S/C12H8F3NO3/c13-12(14,15)19-10-2-8(1-9(4-10)6-17)3-11-5-16-7-18-11/h1-2,4-7H,3H2. The Kier molecular flexibility index (Phi) is 3.55. The first-order chi connectivity index (χ1) is 8.96. The van der Waals surface area contributed by atoms with Gasteiger partial charge in [-0.15, -0.1) is 13.2 Å². The number of halogens is 3. The van der Waals surface area contributed by atoms with E-state index in [-0.39, 0.29) is 12.0 Å². The van der Waals surface area contributed by atoms with Crippen LogP contribution in [-0.2, 0) is 6.42 Å². The van der Waals surface area contributed by atoms with E-state index in [0.29, 0.717) is 17.6 Å². The van der Waals surface area contributed by atoms with Crippen LogP contribution in [0.4, 0.5) is 13.2 Å². The van der Waals surface area contributed by atoms with Crippen molar-refractivity contribution in [2.75, 3.05) is 0 Å². The van der Waals surface area contributed by atoms with E-state index < -0.39 is 12.1 Å². The van der Waals surface area contributed by atoms with Crippen LogP contribution < -0.4 is 4.74 Å². The maximum Gasteiger partial charge on any atom is 0.573 e. The van der Waals surface area contributed by atoms with Crippen LogP contribution in [0, 0.1) is 0 Å². The van der Waals surface area contributed by atoms with Gasteiger partial charge in [-0.3, -0.25) is 4.79 Å². The van der Waals surface area contributed by atoms with E-state index in [0.717, 1.165) is 6.07 Å². The third-order valence-electron chi connectivity index (χ3n) is 2.22. The number of nitrogens with zero attached hydrogens (tertiary/aromatic N) is 1. The van der Waals surface area contributed by atoms with Crippen molar-refractivity contribution >= 4 is 6.29 Å². The lowest BCUT2D eigenvalue weighted by Gasteiger charge is -2.10. The van der Waals surface area contributed by atoms with Gasteiger partial charge in [-0.1, -0.05) is 0 Å². The van der Waals surface area contributed by atoms with Gasteiger partial charge in [0.1, 0.15) is 17.8 Å². The molecule has 4 nitrogen and oxygen atoms in total. The largest absolute Gasteiger partial charge is 0.573 e. The summed E-state index contributed by atoms with van der Waals surface area (Å²) < 4.78 is 45.2. The van der Waals surface area contributed by atoms with Crippen LogP contribution in [0.1, 0.15) is 21.7 Å². The van der Waals surface area contributed by atoms with Crippen molar-refractivity contribution in [2.24, 2.45) is 0 Å². The molecule has 19 heavy (non-hydrogen) atoms. The number of carbonyl (C=O) groups is 1. The van der Waals surface area contributed by atoms with Crippen molar-refractivity contribution in [1.29, 1.82) is 0 Å². The van der Waals surface area contributed by atoms with E-state index >= 15 is 0 Å². The number of hydrogen-bond donors (Lipinski definition) is 0. The minimum Gasteiger partial charge on any atom is -0.448 e. The Bertz CT molecular complexity index is 564. The summed E-state index contributed by atoms with van der Waals surface area (Å²) in [5.74, 6) is 0.0348. The van der Waals surface area contributed by atoms with E-state index in [9.17, 15) is 18.0 Å². The molecule has 1 aromatic carbocycles. The third kappa shape index (κ3) is 3.84. The number of aromatic nitrogens is 1. The quantitative estimate of drug-likeness (QED) is 0.802. The molecule has 0 saturated heterocycles. The highest BCUT2D eigenvalue weighted by atomic mass is 19.4. The van der Waals surface area contributed by atoms with Crippen molar-refractivity contribution in [3.8, 4) is 5.75 Å². The fourth-order valence-corrected chi connectivity index (χ4v) is 1.58. The van der Waals surface area contributed by atoms with Gasteiger partial charge in [0.25, 0.3) is 0 Å². The van der Waals surface area contributed by atoms with Crippen LogP contribution in [-0.4, -0.2) is 17.6 Å². The van der Waals surface area contributed by atoms with Crippen LogP contribution in [0.3, 0.4) is 0 Å². The summed E-state index contributed by atoms with van der Waals surface area (Å²) in [4.78, 5) is 14.4. The average Bonchev–Trinajstić information content (AvgIpc) is 2.79. The zero-order chi connectivity index (χ0) is 13.9. The molecule has 7 heteroatoms. The number of aldehydes is 1. The van der Waals surface area contributed by atoms with Gasteiger partial charge in [0.15, 0.2) is 6.39 Å². The summed E-state index contributed by atoms with van der Waals surface area (Å²) in [5.41, 5.74) is 0.553. The van der Waals surface area contributed by atoms with Crippen LogP contribution in [0.5, 0.6) is 5.75 Å². The van der Waals surface area contributed by atoms with Gasteiger partial charge >= 0.3 is 6.36 Å². The van der Waals surface area contributed by atoms with E-state index in [4.69, 9.17) is 4.42 Å². The van der Waals surface area contributed by atoms with Gasteiger partial charge in [0, 0.05) is 12.0 Å². The number of ether oxygens (including phenoxy) is 1. The van der Waals surface area contributed by atoms with Gasteiger partial charge in [0.2, 0.25) is 0 Å². The Balaban J connectivity index is 2.28. The van der Waals surface area contributed by atoms with Gasteiger partial charge in [-0.25, -0.2) is 4.98 Å². The van der Waals surface area contributed by atoms with E-state index in [1.54, 1.807) is 0 Å². The fourth-order valence-electron chi connectivity index (χ4n) is 1.58. The Hall–Kier alpha value is -2.31. The highest BCUT2D eigenvalue weighted by molar-refractivity contribution is 5.76. The van der Waals surface area contributed by atoms with Crippen molar-refractivity contribution < 1.29 is 27.1 Å². The lowest BCUT2D eigenvalue weighted by atomic mass is 10.1. The minimum absolute atomic E-state index is 0.0938. The number of hydrogen-bond acceptors (Lipinski definition) is 4. The minimum atomic E-state index is -4.80. The second-order valence-corrected chi connectivity index (χ2v) is 3.72. The van der Waals surface area contributed by atoms with Gasteiger partial charge in [-0.2, -0.15) is 0 Å². The predicted octanol–water partition coefficient (Wildman–Crippen LogP) is 2.98. The zero-order valence-electron chi connectivity index (χ0n) is 9.48. The summed E-state index contributed by atoms with van der Waals surface area (Å²) in [7, 11) is 0. The van der Waals surface area contributed by atoms with Crippen molar-refractivity contribution in [3.05, 3.63) is 47.7 Å². The lowest BCUT2D eigenvalue weighted by molar-refractivity contribution is -0.274. The maximum absolute atomic E-state index is 12.1. The van der Waals surface area contributed by atoms with Gasteiger partial charge in [0.05, 0.1) is 6.20 Å². The first-order valence-corrected chi connectivity index (χ1v) is 5.18. The number of oxazole rings is 1. The van der Waals surface area contributed by atoms with Crippen molar-refractivity contribution in [2.45, 2.75) is 12.8 Å². The SMILES string of the molecule is O=Cc1cc(Cc2cnco2)cc(OC(F)(F)F)c1. The predicted molar refractivity (Wildman–Crippen MR) is 57.8 cm³/mol. The molecule has 0 radical (unpaired) electrons. The Labute approximate surface area is 105 Å². The summed E-state index contributed by atoms with van der Waals surface area (Å²) in [6.07, 6.45) is -1.47. The molecule has 0 N–H and O–H groups in total. The first kappa shape index (κ1) is 13.1. The number of rotatable bonds is 4. The van der Waals surface area contributed by atoms with Gasteiger partial charge in [-0.05, 0) is 23.8 Å². The first-order valence-electron chi connectivity index (χ1n) is 5.18. The molecule has 0 saturated carbocycles. The van der Waals surface area contributed by atoms with Crippen molar-refractivity contribution in [1.82, 2.24) is 4.98 Å². The van der Waals surface area contributed by atoms with Crippen LogP contribution in [0.2, 0.25) is 0 Å². The second-order valence-electron chi connectivity index (χ2n) is 3.72. The second kappa shape index (κ2) is 5.13. The third-order valence-corrected chi connectivity index (χ3v) is 2.22. The molecule has 2 aromatic rings. The monoisotopic (exact) mass is 271 g/mol. The Morgan fingerprint density at radius 3 is 2.68 bits per heavy atom. The normalized spacial score (nSPS) is 11.3. The molecule has 0 fully saturated rings. The van der Waals surface area contributed by atoms with Crippen LogP contribution >= 0.6 is 0 Å². The highest BCUT2D eigenvalue weighted by Crippen LogP contribution is 2.25. The van der Waals surface area contributed by atoms with Crippen molar-refractivity contribution in [3.63, 3.8) is 0 Å². The average molecular weight is 271 g/mol. The topological polar surface area (TPSA) is 52.3 Å². The molecule has 0 amide bonds. The molecular weight excluding hydrogens is 263 g/mol. The molecule has 1 aromatic heterocycles. The zero-order valence-corrected chi connectivity index (χ0v) is 9.48. The number of carbonyl (C=O) groups excluding carboxylic acids is 1. The molecule has 0 spiro atoms. The van der Waals surface area contributed by atoms with Gasteiger partial charge < -0.3 is 9.15 Å². The molecule has 0 bridgehead atoms. The van der Waals surface area contributed by atoms with E-state index in [2.05, 4.69) is 9.72 Å². The molecule has 1 heterocycles. The summed E-state index contributed by atoms with van der Waals surface area (Å²) in [6.45, 7) is 0. The molecule has 0 atom stereocenters. The fraction of sp³-hybridized carbons (Fsp3) is 0.167. The highest BCUT2D eigenvalue weighted by Gasteiger charge is 2.31. The number of alkyl halides is 3. The molecule has 2 rings (SSSR count). The molecule has 100 valence electrons. The maximum atomic E-state index is 12.1. The summed E-state index contributed by atoms with van der Waals surface area (Å²) >= 11 is 0. The molecule has 0 aliphatic rings. The van der Waals surface area contributed by atoms with E-state index in [1.165, 1.54) is 24.7 Å². The van der Waals surface area contributed by atoms with Crippen LogP contribution in [0.25, 0.3) is 0 Å². The summed E-state index contributed by atoms with van der Waals surface area (Å²) in [5, 5.41) is 0. The molecule has 0 unspecified atom stereocenters. The van der Waals surface area contributed by atoms with E-state index in [1.807, 2.05) is 0 Å². The van der Waals surface area contributed by atoms with Crippen LogP contribution in [0.15, 0.2) is 35.2 Å². The summed E-state index contributed by atoms with van der Waals surface area (Å²) in [6, 6.07) is 3.67.